The molecule has 1 aliphatic heterocycles. The second-order valence-electron chi connectivity index (χ2n) is 5.71. The minimum absolute atomic E-state index is 0.239. The van der Waals surface area contributed by atoms with Crippen LogP contribution in [0, 0.1) is 13.8 Å². The van der Waals surface area contributed by atoms with E-state index in [9.17, 15) is 0 Å². The highest BCUT2D eigenvalue weighted by atomic mass is 79.9. The summed E-state index contributed by atoms with van der Waals surface area (Å²) in [6, 6.07) is 13.2. The van der Waals surface area contributed by atoms with Gasteiger partial charge in [-0.2, -0.15) is 0 Å². The fraction of sp³-hybridized carbons (Fsp3) is 0.333. The summed E-state index contributed by atoms with van der Waals surface area (Å²) in [5, 5.41) is 0. The topological polar surface area (TPSA) is 9.23 Å². The highest BCUT2D eigenvalue weighted by Crippen LogP contribution is 2.36. The zero-order chi connectivity index (χ0) is 14.3. The van der Waals surface area contributed by atoms with E-state index >= 15 is 0 Å². The van der Waals surface area contributed by atoms with E-state index in [0.29, 0.717) is 6.10 Å². The zero-order valence-corrected chi connectivity index (χ0v) is 13.7. The minimum Gasteiger partial charge on any atom is -0.490 e. The van der Waals surface area contributed by atoms with Gasteiger partial charge in [-0.25, -0.2) is 0 Å². The third-order valence-corrected chi connectivity index (χ3v) is 5.09. The molecule has 2 aromatic carbocycles. The Labute approximate surface area is 129 Å². The normalized spacial score (nSPS) is 18.5. The lowest BCUT2D eigenvalue weighted by Crippen LogP contribution is -2.05. The Hall–Kier alpha value is -1.28. The number of fused-ring (bicyclic) bond motifs is 1. The van der Waals surface area contributed by atoms with Crippen LogP contribution in [0.4, 0.5) is 0 Å². The summed E-state index contributed by atoms with van der Waals surface area (Å²) in [6.45, 7) is 6.43. The van der Waals surface area contributed by atoms with Crippen molar-refractivity contribution in [3.8, 4) is 5.75 Å². The summed E-state index contributed by atoms with van der Waals surface area (Å²) in [4.78, 5) is 0.239. The summed E-state index contributed by atoms with van der Waals surface area (Å²) in [6.07, 6.45) is 1.31. The lowest BCUT2D eigenvalue weighted by molar-refractivity contribution is 0.254. The lowest BCUT2D eigenvalue weighted by Gasteiger charge is -2.13. The second kappa shape index (κ2) is 5.25. The molecule has 1 aliphatic rings. The molecule has 0 fully saturated rings. The molecule has 0 bridgehead atoms. The molecule has 104 valence electrons. The van der Waals surface area contributed by atoms with E-state index in [1.54, 1.807) is 0 Å². The van der Waals surface area contributed by atoms with E-state index in [0.717, 1.165) is 12.2 Å². The molecule has 0 N–H and O–H groups in total. The Balaban J connectivity index is 1.93. The number of hydrogen-bond donors (Lipinski definition) is 0. The SMILES string of the molecule is Cc1ccc(C(Br)c2ccc3c(c2)CC(C)O3)cc1C. The predicted molar refractivity (Wildman–Crippen MR) is 86.9 cm³/mol. The van der Waals surface area contributed by atoms with Crippen molar-refractivity contribution in [2.75, 3.05) is 0 Å². The molecule has 20 heavy (non-hydrogen) atoms. The summed E-state index contributed by atoms with van der Waals surface area (Å²) in [5.74, 6) is 1.04. The first-order valence-corrected chi connectivity index (χ1v) is 7.97. The van der Waals surface area contributed by atoms with Gasteiger partial charge in [-0.15, -0.1) is 0 Å². The second-order valence-corrected chi connectivity index (χ2v) is 6.62. The van der Waals surface area contributed by atoms with E-state index in [4.69, 9.17) is 4.74 Å². The number of rotatable bonds is 2. The van der Waals surface area contributed by atoms with Gasteiger partial charge >= 0.3 is 0 Å². The average Bonchev–Trinajstić information content (AvgIpc) is 2.80. The van der Waals surface area contributed by atoms with E-state index in [2.05, 4.69) is 73.1 Å². The van der Waals surface area contributed by atoms with Crippen LogP contribution in [-0.2, 0) is 6.42 Å². The maximum Gasteiger partial charge on any atom is 0.123 e. The molecule has 3 rings (SSSR count). The van der Waals surface area contributed by atoms with Crippen LogP contribution in [0.5, 0.6) is 5.75 Å². The molecule has 2 heteroatoms. The number of hydrogen-bond acceptors (Lipinski definition) is 1. The first kappa shape index (κ1) is 13.7. The van der Waals surface area contributed by atoms with Gasteiger partial charge in [-0.1, -0.05) is 46.3 Å². The Morgan fingerprint density at radius 2 is 1.75 bits per heavy atom. The maximum absolute atomic E-state index is 5.77. The van der Waals surface area contributed by atoms with E-state index in [1.165, 1.54) is 27.8 Å². The molecule has 0 saturated carbocycles. The summed E-state index contributed by atoms with van der Waals surface area (Å²) in [7, 11) is 0. The van der Waals surface area contributed by atoms with Gasteiger partial charge in [0.15, 0.2) is 0 Å². The minimum atomic E-state index is 0.239. The smallest absolute Gasteiger partial charge is 0.123 e. The number of ether oxygens (including phenoxy) is 1. The van der Waals surface area contributed by atoms with E-state index < -0.39 is 0 Å². The van der Waals surface area contributed by atoms with Gasteiger partial charge in [-0.05, 0) is 54.7 Å². The van der Waals surface area contributed by atoms with E-state index in [-0.39, 0.29) is 4.83 Å². The van der Waals surface area contributed by atoms with Crippen molar-refractivity contribution >= 4 is 15.9 Å². The molecular formula is C18H19BrO. The first-order valence-electron chi connectivity index (χ1n) is 7.05. The first-order chi connectivity index (χ1) is 9.54. The van der Waals surface area contributed by atoms with Gasteiger partial charge in [0.05, 0.1) is 4.83 Å². The third-order valence-electron chi connectivity index (χ3n) is 4.04. The van der Waals surface area contributed by atoms with Crippen LogP contribution in [0.2, 0.25) is 0 Å². The number of halogens is 1. The van der Waals surface area contributed by atoms with Crippen LogP contribution in [0.1, 0.15) is 39.6 Å². The van der Waals surface area contributed by atoms with Crippen molar-refractivity contribution in [1.82, 2.24) is 0 Å². The van der Waals surface area contributed by atoms with Crippen LogP contribution >= 0.6 is 15.9 Å². The molecule has 1 heterocycles. The van der Waals surface area contributed by atoms with Crippen LogP contribution < -0.4 is 4.74 Å². The molecule has 2 aromatic rings. The number of alkyl halides is 1. The summed E-state index contributed by atoms with van der Waals surface area (Å²) < 4.78 is 5.77. The molecule has 0 saturated heterocycles. The lowest BCUT2D eigenvalue weighted by atomic mass is 9.98. The maximum atomic E-state index is 5.77. The van der Waals surface area contributed by atoms with Crippen molar-refractivity contribution in [2.45, 2.75) is 38.1 Å². The van der Waals surface area contributed by atoms with Crippen molar-refractivity contribution < 1.29 is 4.74 Å². The van der Waals surface area contributed by atoms with Gasteiger partial charge in [-0.3, -0.25) is 0 Å². The molecule has 1 nitrogen and oxygen atoms in total. The van der Waals surface area contributed by atoms with Gasteiger partial charge in [0.1, 0.15) is 11.9 Å². The van der Waals surface area contributed by atoms with Crippen molar-refractivity contribution in [1.29, 1.82) is 0 Å². The monoisotopic (exact) mass is 330 g/mol. The van der Waals surface area contributed by atoms with Crippen LogP contribution in [-0.4, -0.2) is 6.10 Å². The molecule has 2 unspecified atom stereocenters. The van der Waals surface area contributed by atoms with Gasteiger partial charge in [0.2, 0.25) is 0 Å². The molecule has 0 aliphatic carbocycles. The van der Waals surface area contributed by atoms with E-state index in [1.807, 2.05) is 0 Å². The number of benzene rings is 2. The fourth-order valence-electron chi connectivity index (χ4n) is 2.71. The van der Waals surface area contributed by atoms with Gasteiger partial charge in [0, 0.05) is 6.42 Å². The quantitative estimate of drug-likeness (QED) is 0.695. The standard InChI is InChI=1S/C18H19BrO/c1-11-4-5-14(8-12(11)2)18(19)15-6-7-17-16(10-15)9-13(3)20-17/h4-8,10,13,18H,9H2,1-3H3. The average molecular weight is 331 g/mol. The molecular weight excluding hydrogens is 312 g/mol. The molecule has 0 aromatic heterocycles. The summed E-state index contributed by atoms with van der Waals surface area (Å²) >= 11 is 3.84. The Bertz CT molecular complexity index is 648. The highest BCUT2D eigenvalue weighted by Gasteiger charge is 2.21. The van der Waals surface area contributed by atoms with Gasteiger partial charge in [0.25, 0.3) is 0 Å². The van der Waals surface area contributed by atoms with Crippen LogP contribution in [0.25, 0.3) is 0 Å². The highest BCUT2D eigenvalue weighted by molar-refractivity contribution is 9.09. The third kappa shape index (κ3) is 2.49. The predicted octanol–water partition coefficient (Wildman–Crippen LogP) is 5.11. The molecule has 0 amide bonds. The van der Waals surface area contributed by atoms with Gasteiger partial charge < -0.3 is 4.74 Å². The van der Waals surface area contributed by atoms with Crippen LogP contribution in [0.3, 0.4) is 0 Å². The zero-order valence-electron chi connectivity index (χ0n) is 12.1. The number of aryl methyl sites for hydroxylation is 2. The fourth-order valence-corrected chi connectivity index (χ4v) is 3.28. The Morgan fingerprint density at radius 1 is 1.05 bits per heavy atom. The van der Waals surface area contributed by atoms with Crippen molar-refractivity contribution in [3.05, 3.63) is 64.2 Å². The molecule has 2 atom stereocenters. The van der Waals surface area contributed by atoms with Crippen molar-refractivity contribution in [3.63, 3.8) is 0 Å². The van der Waals surface area contributed by atoms with Crippen LogP contribution in [0.15, 0.2) is 36.4 Å². The Morgan fingerprint density at radius 3 is 2.50 bits per heavy atom. The van der Waals surface area contributed by atoms with Crippen molar-refractivity contribution in [2.24, 2.45) is 0 Å². The molecule has 0 spiro atoms. The Kier molecular flexibility index (Phi) is 3.59. The summed E-state index contributed by atoms with van der Waals surface area (Å²) in [5.41, 5.74) is 6.60. The largest absolute Gasteiger partial charge is 0.490 e. The molecule has 0 radical (unpaired) electrons.